The third-order valence-electron chi connectivity index (χ3n) is 3.88. The molecule has 0 radical (unpaired) electrons. The first-order valence-electron chi connectivity index (χ1n) is 7.68. The highest BCUT2D eigenvalue weighted by molar-refractivity contribution is 14.1. The van der Waals surface area contributed by atoms with Gasteiger partial charge in [-0.25, -0.2) is 12.8 Å². The summed E-state index contributed by atoms with van der Waals surface area (Å²) >= 11 is 3.39. The summed E-state index contributed by atoms with van der Waals surface area (Å²) in [5.41, 5.74) is 2.54. The highest BCUT2D eigenvalue weighted by Gasteiger charge is 2.24. The molecule has 0 saturated heterocycles. The van der Waals surface area contributed by atoms with Gasteiger partial charge < -0.3 is 5.11 Å². The van der Waals surface area contributed by atoms with E-state index in [9.17, 15) is 17.9 Å². The van der Waals surface area contributed by atoms with Crippen LogP contribution in [0.25, 0.3) is 21.6 Å². The van der Waals surface area contributed by atoms with E-state index in [-0.39, 0.29) is 10.7 Å². The molecular weight excluding hydrogens is 486 g/mol. The van der Waals surface area contributed by atoms with Crippen LogP contribution in [0.1, 0.15) is 11.8 Å². The van der Waals surface area contributed by atoms with Gasteiger partial charge in [-0.3, -0.25) is 0 Å². The van der Waals surface area contributed by atoms with Crippen LogP contribution in [-0.4, -0.2) is 19.8 Å². The summed E-state index contributed by atoms with van der Waals surface area (Å²) in [5.74, 6) is -0.314. The lowest BCUT2D eigenvalue weighted by atomic mass is 10.0. The fourth-order valence-corrected chi connectivity index (χ4v) is 4.77. The van der Waals surface area contributed by atoms with Crippen molar-refractivity contribution < 1.29 is 17.9 Å². The van der Waals surface area contributed by atoms with Crippen LogP contribution in [0.3, 0.4) is 0 Å². The molecule has 7 heteroatoms. The zero-order valence-electron chi connectivity index (χ0n) is 14.0. The molecule has 3 aromatic rings. The van der Waals surface area contributed by atoms with E-state index in [0.29, 0.717) is 0 Å². The molecule has 3 nitrogen and oxygen atoms in total. The minimum Gasteiger partial charge on any atom is -0.375 e. The zero-order valence-corrected chi connectivity index (χ0v) is 17.8. The third-order valence-corrected chi connectivity index (χ3v) is 7.35. The van der Waals surface area contributed by atoms with Gasteiger partial charge >= 0.3 is 0 Å². The molecule has 0 fully saturated rings. The normalized spacial score (nSPS) is 14.2. The molecule has 0 bridgehead atoms. The maximum atomic E-state index is 13.3. The summed E-state index contributed by atoms with van der Waals surface area (Å²) in [6.07, 6.45) is 1.17. The molecule has 1 N–H and O–H groups in total. The Hall–Kier alpha value is -1.29. The van der Waals surface area contributed by atoms with Gasteiger partial charge in [-0.15, -0.1) is 11.3 Å². The summed E-state index contributed by atoms with van der Waals surface area (Å²) in [7, 11) is -3.27. The van der Waals surface area contributed by atoms with Crippen LogP contribution in [0.5, 0.6) is 0 Å². The van der Waals surface area contributed by atoms with E-state index in [2.05, 4.69) is 0 Å². The molecule has 1 heterocycles. The predicted octanol–water partition coefficient (Wildman–Crippen LogP) is 5.22. The minimum atomic E-state index is -3.27. The fourth-order valence-electron chi connectivity index (χ4n) is 2.53. The Morgan fingerprint density at radius 1 is 1.04 bits per heavy atom. The molecule has 0 aliphatic heterocycles. The van der Waals surface area contributed by atoms with Crippen LogP contribution >= 0.6 is 33.9 Å². The smallest absolute Gasteiger partial charge is 0.175 e. The van der Waals surface area contributed by atoms with Crippen molar-refractivity contribution in [3.05, 3.63) is 65.3 Å². The maximum Gasteiger partial charge on any atom is 0.175 e. The Morgan fingerprint density at radius 3 is 2.08 bits per heavy atom. The number of alkyl halides is 1. The van der Waals surface area contributed by atoms with Gasteiger partial charge in [0.1, 0.15) is 9.43 Å². The average Bonchev–Trinajstić information content (AvgIpc) is 3.00. The summed E-state index contributed by atoms with van der Waals surface area (Å²) in [4.78, 5) is 1.91. The van der Waals surface area contributed by atoms with E-state index in [1.807, 2.05) is 28.7 Å². The molecule has 2 aromatic carbocycles. The highest BCUT2D eigenvalue weighted by atomic mass is 127. The van der Waals surface area contributed by atoms with Crippen molar-refractivity contribution >= 4 is 43.8 Å². The summed E-state index contributed by atoms with van der Waals surface area (Å²) in [6, 6.07) is 14.7. The van der Waals surface area contributed by atoms with Crippen LogP contribution in [-0.2, 0) is 13.4 Å². The highest BCUT2D eigenvalue weighted by Crippen LogP contribution is 2.44. The molecule has 1 unspecified atom stereocenters. The largest absolute Gasteiger partial charge is 0.375 e. The summed E-state index contributed by atoms with van der Waals surface area (Å²) < 4.78 is 35.6. The van der Waals surface area contributed by atoms with Crippen LogP contribution in [0.15, 0.2) is 59.5 Å². The zero-order chi connectivity index (χ0) is 19.1. The topological polar surface area (TPSA) is 54.4 Å². The molecule has 3 rings (SSSR count). The van der Waals surface area contributed by atoms with Crippen molar-refractivity contribution in [2.75, 3.05) is 6.26 Å². The van der Waals surface area contributed by atoms with E-state index >= 15 is 0 Å². The monoisotopic (exact) mass is 502 g/mol. The van der Waals surface area contributed by atoms with Crippen LogP contribution < -0.4 is 0 Å². The molecule has 0 saturated carbocycles. The molecule has 26 heavy (non-hydrogen) atoms. The molecule has 0 spiro atoms. The van der Waals surface area contributed by atoms with Gasteiger partial charge in [0.25, 0.3) is 0 Å². The Kier molecular flexibility index (Phi) is 5.26. The molecule has 0 aliphatic carbocycles. The van der Waals surface area contributed by atoms with Crippen molar-refractivity contribution in [2.45, 2.75) is 15.4 Å². The van der Waals surface area contributed by atoms with Crippen LogP contribution in [0.2, 0.25) is 0 Å². The molecule has 1 atom stereocenters. The second kappa shape index (κ2) is 7.03. The Balaban J connectivity index is 2.16. The van der Waals surface area contributed by atoms with Crippen LogP contribution in [0.4, 0.5) is 4.39 Å². The van der Waals surface area contributed by atoms with E-state index in [0.717, 1.165) is 26.4 Å². The van der Waals surface area contributed by atoms with Gasteiger partial charge in [0, 0.05) is 21.6 Å². The van der Waals surface area contributed by atoms with Crippen molar-refractivity contribution in [3.8, 4) is 21.6 Å². The van der Waals surface area contributed by atoms with Crippen LogP contribution in [0, 0.1) is 5.82 Å². The van der Waals surface area contributed by atoms with Crippen molar-refractivity contribution in [2.24, 2.45) is 0 Å². The summed E-state index contributed by atoms with van der Waals surface area (Å²) in [5, 5.41) is 10.4. The number of rotatable bonds is 4. The molecule has 0 aliphatic rings. The number of hydrogen-bond acceptors (Lipinski definition) is 4. The molecule has 1 aromatic heterocycles. The van der Waals surface area contributed by atoms with Gasteiger partial charge in [0.15, 0.2) is 9.84 Å². The molecular formula is C19H16FIO3S2. The molecule has 0 amide bonds. The third kappa shape index (κ3) is 4.16. The second-order valence-electron chi connectivity index (χ2n) is 6.11. The first-order valence-corrected chi connectivity index (χ1v) is 11.5. The van der Waals surface area contributed by atoms with E-state index in [1.165, 1.54) is 29.7 Å². The van der Waals surface area contributed by atoms with Gasteiger partial charge in [-0.2, -0.15) is 0 Å². The van der Waals surface area contributed by atoms with E-state index in [4.69, 9.17) is 0 Å². The lowest BCUT2D eigenvalue weighted by Crippen LogP contribution is -2.07. The maximum absolute atomic E-state index is 13.3. The average molecular weight is 502 g/mol. The Morgan fingerprint density at radius 2 is 1.58 bits per heavy atom. The Labute approximate surface area is 169 Å². The second-order valence-corrected chi connectivity index (χ2v) is 11.3. The Bertz CT molecular complexity index is 1030. The van der Waals surface area contributed by atoms with E-state index < -0.39 is 13.4 Å². The van der Waals surface area contributed by atoms with Gasteiger partial charge in [-0.1, -0.05) is 24.3 Å². The minimum absolute atomic E-state index is 0.251. The quantitative estimate of drug-likeness (QED) is 0.393. The first-order chi connectivity index (χ1) is 12.1. The lowest BCUT2D eigenvalue weighted by molar-refractivity contribution is 0.183. The standard InChI is InChI=1S/C19H16FIO3S2/c1-19(21,22)17-11-16(12-5-9-15(10-6-12)26(2,23)24)18(25-17)13-3-7-14(20)8-4-13/h3-11,22H,1-2H3. The van der Waals surface area contributed by atoms with Crippen molar-refractivity contribution in [3.63, 3.8) is 0 Å². The lowest BCUT2D eigenvalue weighted by Gasteiger charge is -2.11. The van der Waals surface area contributed by atoms with Gasteiger partial charge in [-0.05, 0) is 71.0 Å². The number of aliphatic hydroxyl groups is 1. The number of benzene rings is 2. The number of sulfone groups is 1. The fraction of sp³-hybridized carbons (Fsp3) is 0.158. The SMILES string of the molecule is CC(O)(I)c1cc(-c2ccc(S(C)(=O)=O)cc2)c(-c2ccc(F)cc2)s1. The van der Waals surface area contributed by atoms with E-state index in [1.54, 1.807) is 43.3 Å². The summed E-state index contributed by atoms with van der Waals surface area (Å²) in [6.45, 7) is 1.70. The number of thiophene rings is 1. The van der Waals surface area contributed by atoms with Crippen molar-refractivity contribution in [1.82, 2.24) is 0 Å². The predicted molar refractivity (Wildman–Crippen MR) is 112 cm³/mol. The first kappa shape index (κ1) is 19.5. The molecule has 136 valence electrons. The number of hydrogen-bond donors (Lipinski definition) is 1. The number of halogens is 2. The van der Waals surface area contributed by atoms with Crippen molar-refractivity contribution in [1.29, 1.82) is 0 Å². The van der Waals surface area contributed by atoms with Gasteiger partial charge in [0.05, 0.1) is 4.90 Å². The van der Waals surface area contributed by atoms with Gasteiger partial charge in [0.2, 0.25) is 0 Å².